The number of rotatable bonds is 3. The molecular weight excluding hydrogens is 266 g/mol. The van der Waals surface area contributed by atoms with Crippen molar-refractivity contribution in [3.05, 3.63) is 46.4 Å². The van der Waals surface area contributed by atoms with E-state index in [0.29, 0.717) is 0 Å². The molecule has 1 atom stereocenters. The van der Waals surface area contributed by atoms with E-state index in [1.54, 1.807) is 11.3 Å². The zero-order valence-electron chi connectivity index (χ0n) is 11.8. The van der Waals surface area contributed by atoms with Crippen LogP contribution < -0.4 is 5.32 Å². The second kappa shape index (κ2) is 5.31. The summed E-state index contributed by atoms with van der Waals surface area (Å²) in [6.45, 7) is 4.22. The van der Waals surface area contributed by atoms with E-state index in [9.17, 15) is 0 Å². The molecule has 0 aliphatic heterocycles. The first-order chi connectivity index (χ1) is 9.70. The van der Waals surface area contributed by atoms with Crippen molar-refractivity contribution in [2.24, 2.45) is 0 Å². The van der Waals surface area contributed by atoms with E-state index >= 15 is 0 Å². The molecule has 20 heavy (non-hydrogen) atoms. The monoisotopic (exact) mass is 283 g/mol. The summed E-state index contributed by atoms with van der Waals surface area (Å²) in [5.41, 5.74) is 3.19. The Labute approximate surface area is 122 Å². The summed E-state index contributed by atoms with van der Waals surface area (Å²) in [7, 11) is 1.98. The van der Waals surface area contributed by atoms with E-state index in [4.69, 9.17) is 4.98 Å². The lowest BCUT2D eigenvalue weighted by Gasteiger charge is -2.11. The molecule has 102 valence electrons. The highest BCUT2D eigenvalue weighted by atomic mass is 32.1. The summed E-state index contributed by atoms with van der Waals surface area (Å²) in [5, 5.41) is 5.54. The van der Waals surface area contributed by atoms with E-state index < -0.39 is 0 Å². The number of benzene rings is 1. The van der Waals surface area contributed by atoms with Crippen LogP contribution in [0.3, 0.4) is 0 Å². The van der Waals surface area contributed by atoms with Crippen molar-refractivity contribution in [2.45, 2.75) is 19.9 Å². The topological polar surface area (TPSA) is 37.8 Å². The SMILES string of the molecule is CNC(C)c1sc(C)nc1-c1cccc2cccnc12. The molecule has 1 N–H and O–H groups in total. The predicted octanol–water partition coefficient (Wildman–Crippen LogP) is 3.95. The van der Waals surface area contributed by atoms with Crippen molar-refractivity contribution >= 4 is 22.2 Å². The normalized spacial score (nSPS) is 12.8. The highest BCUT2D eigenvalue weighted by Crippen LogP contribution is 2.35. The lowest BCUT2D eigenvalue weighted by molar-refractivity contribution is 0.664. The Morgan fingerprint density at radius 2 is 2.00 bits per heavy atom. The van der Waals surface area contributed by atoms with E-state index in [2.05, 4.69) is 48.4 Å². The zero-order chi connectivity index (χ0) is 14.1. The molecule has 3 aromatic rings. The number of hydrogen-bond donors (Lipinski definition) is 1. The van der Waals surface area contributed by atoms with Crippen LogP contribution >= 0.6 is 11.3 Å². The molecule has 0 saturated carbocycles. The third-order valence-electron chi connectivity index (χ3n) is 3.47. The van der Waals surface area contributed by atoms with Gasteiger partial charge >= 0.3 is 0 Å². The smallest absolute Gasteiger partial charge is 0.0905 e. The maximum atomic E-state index is 4.74. The van der Waals surface area contributed by atoms with Gasteiger partial charge < -0.3 is 5.32 Å². The molecule has 0 radical (unpaired) electrons. The number of nitrogens with one attached hydrogen (secondary N) is 1. The number of fused-ring (bicyclic) bond motifs is 1. The van der Waals surface area contributed by atoms with Gasteiger partial charge in [0.05, 0.1) is 16.2 Å². The summed E-state index contributed by atoms with van der Waals surface area (Å²) in [4.78, 5) is 10.5. The molecule has 3 nitrogen and oxygen atoms in total. The van der Waals surface area contributed by atoms with Crippen LogP contribution in [-0.2, 0) is 0 Å². The van der Waals surface area contributed by atoms with Gasteiger partial charge in [0.15, 0.2) is 0 Å². The van der Waals surface area contributed by atoms with Crippen molar-refractivity contribution in [1.82, 2.24) is 15.3 Å². The van der Waals surface area contributed by atoms with Gasteiger partial charge in [-0.3, -0.25) is 4.98 Å². The number of pyridine rings is 1. The lowest BCUT2D eigenvalue weighted by atomic mass is 10.0. The average Bonchev–Trinajstić information content (AvgIpc) is 2.87. The third kappa shape index (κ3) is 2.21. The standard InChI is InChI=1S/C16H17N3S/c1-10(17-3)16-15(19-11(2)20-16)13-8-4-6-12-7-5-9-18-14(12)13/h4-10,17H,1-3H3. The van der Waals surface area contributed by atoms with Crippen molar-refractivity contribution in [1.29, 1.82) is 0 Å². The predicted molar refractivity (Wildman–Crippen MR) is 85.1 cm³/mol. The molecule has 2 aromatic heterocycles. The Kier molecular flexibility index (Phi) is 3.51. The molecule has 4 heteroatoms. The van der Waals surface area contributed by atoms with Crippen molar-refractivity contribution in [3.63, 3.8) is 0 Å². The van der Waals surface area contributed by atoms with E-state index in [1.807, 2.05) is 19.3 Å². The first-order valence-electron chi connectivity index (χ1n) is 6.69. The number of aryl methyl sites for hydroxylation is 1. The fourth-order valence-corrected chi connectivity index (χ4v) is 3.36. The molecular formula is C16H17N3S. The quantitative estimate of drug-likeness (QED) is 0.791. The third-order valence-corrected chi connectivity index (χ3v) is 4.63. The summed E-state index contributed by atoms with van der Waals surface area (Å²) < 4.78 is 0. The Morgan fingerprint density at radius 3 is 2.80 bits per heavy atom. The minimum Gasteiger partial charge on any atom is -0.312 e. The van der Waals surface area contributed by atoms with E-state index in [-0.39, 0.29) is 6.04 Å². The molecule has 1 unspecified atom stereocenters. The largest absolute Gasteiger partial charge is 0.312 e. The summed E-state index contributed by atoms with van der Waals surface area (Å²) in [5.74, 6) is 0. The van der Waals surface area contributed by atoms with Crippen molar-refractivity contribution in [2.75, 3.05) is 7.05 Å². The highest BCUT2D eigenvalue weighted by molar-refractivity contribution is 7.12. The van der Waals surface area contributed by atoms with Crippen LogP contribution in [0.15, 0.2) is 36.5 Å². The van der Waals surface area contributed by atoms with Gasteiger partial charge in [-0.15, -0.1) is 11.3 Å². The first-order valence-corrected chi connectivity index (χ1v) is 7.51. The molecule has 0 aliphatic carbocycles. The number of aromatic nitrogens is 2. The maximum Gasteiger partial charge on any atom is 0.0905 e. The minimum absolute atomic E-state index is 0.287. The van der Waals surface area contributed by atoms with Gasteiger partial charge in [-0.1, -0.05) is 24.3 Å². The minimum atomic E-state index is 0.287. The van der Waals surface area contributed by atoms with Crippen molar-refractivity contribution < 1.29 is 0 Å². The van der Waals surface area contributed by atoms with Crippen LogP contribution in [0, 0.1) is 6.92 Å². The van der Waals surface area contributed by atoms with Crippen LogP contribution in [-0.4, -0.2) is 17.0 Å². The van der Waals surface area contributed by atoms with Gasteiger partial charge in [0.2, 0.25) is 0 Å². The van der Waals surface area contributed by atoms with Gasteiger partial charge in [-0.05, 0) is 27.0 Å². The fourth-order valence-electron chi connectivity index (χ4n) is 2.36. The molecule has 0 spiro atoms. The summed E-state index contributed by atoms with van der Waals surface area (Å²) >= 11 is 1.75. The van der Waals surface area contributed by atoms with Crippen LogP contribution in [0.1, 0.15) is 22.9 Å². The second-order valence-electron chi connectivity index (χ2n) is 4.84. The van der Waals surface area contributed by atoms with E-state index in [0.717, 1.165) is 27.2 Å². The number of hydrogen-bond acceptors (Lipinski definition) is 4. The highest BCUT2D eigenvalue weighted by Gasteiger charge is 2.17. The van der Waals surface area contributed by atoms with E-state index in [1.165, 1.54) is 4.88 Å². The maximum absolute atomic E-state index is 4.74. The van der Waals surface area contributed by atoms with Gasteiger partial charge in [-0.25, -0.2) is 4.98 Å². The van der Waals surface area contributed by atoms with Crippen molar-refractivity contribution in [3.8, 4) is 11.3 Å². The zero-order valence-corrected chi connectivity index (χ0v) is 12.7. The van der Waals surface area contributed by atoms with Crippen LogP contribution in [0.4, 0.5) is 0 Å². The Bertz CT molecular complexity index is 743. The number of thiazole rings is 1. The number of nitrogens with zero attached hydrogens (tertiary/aromatic N) is 2. The van der Waals surface area contributed by atoms with Crippen LogP contribution in [0.25, 0.3) is 22.2 Å². The van der Waals surface area contributed by atoms with Crippen LogP contribution in [0.5, 0.6) is 0 Å². The lowest BCUT2D eigenvalue weighted by Crippen LogP contribution is -2.11. The Morgan fingerprint density at radius 1 is 1.20 bits per heavy atom. The first kappa shape index (κ1) is 13.2. The Hall–Kier alpha value is -1.78. The van der Waals surface area contributed by atoms with Gasteiger partial charge in [0.25, 0.3) is 0 Å². The molecule has 0 fully saturated rings. The fraction of sp³-hybridized carbons (Fsp3) is 0.250. The summed E-state index contributed by atoms with van der Waals surface area (Å²) in [6.07, 6.45) is 1.84. The van der Waals surface area contributed by atoms with Gasteiger partial charge in [0, 0.05) is 28.1 Å². The number of para-hydroxylation sites is 1. The molecule has 3 rings (SSSR count). The molecule has 2 heterocycles. The average molecular weight is 283 g/mol. The molecule has 0 saturated heterocycles. The molecule has 1 aromatic carbocycles. The molecule has 0 aliphatic rings. The Balaban J connectivity index is 2.26. The molecule has 0 bridgehead atoms. The molecule has 0 amide bonds. The summed E-state index contributed by atoms with van der Waals surface area (Å²) in [6, 6.07) is 10.6. The van der Waals surface area contributed by atoms with Gasteiger partial charge in [0.1, 0.15) is 0 Å². The van der Waals surface area contributed by atoms with Crippen LogP contribution in [0.2, 0.25) is 0 Å². The van der Waals surface area contributed by atoms with Gasteiger partial charge in [-0.2, -0.15) is 0 Å². The second-order valence-corrected chi connectivity index (χ2v) is 6.07.